The molecule has 2 N–H and O–H groups in total. The highest BCUT2D eigenvalue weighted by molar-refractivity contribution is 5.83. The smallest absolute Gasteiger partial charge is 0.234 e. The summed E-state index contributed by atoms with van der Waals surface area (Å²) in [5.41, 5.74) is 5.13. The number of fused-ring (bicyclic) bond motifs is 1. The van der Waals surface area contributed by atoms with Crippen LogP contribution in [0.1, 0.15) is 12.8 Å². The molecule has 0 unspecified atom stereocenters. The van der Waals surface area contributed by atoms with Gasteiger partial charge in [0.25, 0.3) is 0 Å². The number of benzene rings is 2. The van der Waals surface area contributed by atoms with Gasteiger partial charge in [-0.2, -0.15) is 0 Å². The highest BCUT2D eigenvalue weighted by Gasteiger charge is 2.00. The third-order valence-corrected chi connectivity index (χ3v) is 2.80. The summed E-state index contributed by atoms with van der Waals surface area (Å²) in [6, 6.07) is 14.2. The van der Waals surface area contributed by atoms with E-state index in [1.807, 2.05) is 30.3 Å². The van der Waals surface area contributed by atoms with E-state index in [0.717, 1.165) is 11.1 Å². The third kappa shape index (κ3) is 3.96. The molecule has 0 atom stereocenters. The fourth-order valence-corrected chi connectivity index (χ4v) is 1.88. The second-order valence-electron chi connectivity index (χ2n) is 4.26. The molecule has 0 heterocycles. The highest BCUT2D eigenvalue weighted by Crippen LogP contribution is 2.20. The van der Waals surface area contributed by atoms with Crippen molar-refractivity contribution in [2.75, 3.05) is 13.7 Å². The Bertz CT molecular complexity index is 555. The Morgan fingerprint density at radius 2 is 1.95 bits per heavy atom. The molecule has 0 aliphatic carbocycles. The molecule has 0 spiro atoms. The highest BCUT2D eigenvalue weighted by atomic mass is 16.5. The summed E-state index contributed by atoms with van der Waals surface area (Å²) in [6.07, 6.45) is 1.15. The van der Waals surface area contributed by atoms with Gasteiger partial charge in [0.05, 0.1) is 6.61 Å². The Hall–Kier alpha value is -2.07. The lowest BCUT2D eigenvalue weighted by Gasteiger charge is -2.07. The van der Waals surface area contributed by atoms with E-state index < -0.39 is 0 Å². The fraction of sp³-hybridized carbons (Fsp3) is 0.267. The van der Waals surface area contributed by atoms with Crippen molar-refractivity contribution in [1.82, 2.24) is 10.9 Å². The number of hydrogen-bond acceptors (Lipinski definition) is 3. The average molecular weight is 258 g/mol. The molecule has 2 rings (SSSR count). The van der Waals surface area contributed by atoms with Gasteiger partial charge in [0.1, 0.15) is 5.75 Å². The van der Waals surface area contributed by atoms with E-state index >= 15 is 0 Å². The van der Waals surface area contributed by atoms with E-state index in [0.29, 0.717) is 19.4 Å². The molecule has 0 aliphatic rings. The van der Waals surface area contributed by atoms with E-state index in [9.17, 15) is 4.79 Å². The second kappa shape index (κ2) is 6.75. The van der Waals surface area contributed by atoms with Crippen LogP contribution in [0.3, 0.4) is 0 Å². The topological polar surface area (TPSA) is 50.4 Å². The molecule has 0 bridgehead atoms. The van der Waals surface area contributed by atoms with Crippen LogP contribution < -0.4 is 15.6 Å². The van der Waals surface area contributed by atoms with E-state index in [1.165, 1.54) is 5.39 Å². The summed E-state index contributed by atoms with van der Waals surface area (Å²) in [5.74, 6) is 0.817. The van der Waals surface area contributed by atoms with Crippen LogP contribution in [0, 0.1) is 0 Å². The van der Waals surface area contributed by atoms with Crippen molar-refractivity contribution in [1.29, 1.82) is 0 Å². The quantitative estimate of drug-likeness (QED) is 0.617. The summed E-state index contributed by atoms with van der Waals surface area (Å²) in [5, 5.41) is 2.36. The van der Waals surface area contributed by atoms with E-state index in [4.69, 9.17) is 4.74 Å². The Morgan fingerprint density at radius 3 is 2.74 bits per heavy atom. The van der Waals surface area contributed by atoms with Crippen LogP contribution in [0.5, 0.6) is 5.75 Å². The molecule has 0 aromatic heterocycles. The van der Waals surface area contributed by atoms with Crippen molar-refractivity contribution in [3.05, 3.63) is 42.5 Å². The SMILES string of the molecule is CNNC(=O)CCCOc1ccc2ccccc2c1. The molecule has 0 saturated heterocycles. The zero-order valence-corrected chi connectivity index (χ0v) is 11.0. The van der Waals surface area contributed by atoms with Gasteiger partial charge >= 0.3 is 0 Å². The zero-order valence-electron chi connectivity index (χ0n) is 11.0. The molecular weight excluding hydrogens is 240 g/mol. The molecule has 100 valence electrons. The molecule has 2 aromatic carbocycles. The van der Waals surface area contributed by atoms with Gasteiger partial charge in [-0.3, -0.25) is 10.2 Å². The van der Waals surface area contributed by atoms with E-state index in [1.54, 1.807) is 7.05 Å². The van der Waals surface area contributed by atoms with Gasteiger partial charge in [0.2, 0.25) is 5.91 Å². The number of amides is 1. The number of rotatable bonds is 6. The molecule has 0 fully saturated rings. The molecule has 19 heavy (non-hydrogen) atoms. The van der Waals surface area contributed by atoms with Crippen LogP contribution in [-0.2, 0) is 4.79 Å². The van der Waals surface area contributed by atoms with Crippen molar-refractivity contribution in [3.8, 4) is 5.75 Å². The van der Waals surface area contributed by atoms with Gasteiger partial charge in [0, 0.05) is 13.5 Å². The number of hydrazine groups is 1. The largest absolute Gasteiger partial charge is 0.494 e. The maximum Gasteiger partial charge on any atom is 0.234 e. The number of ether oxygens (including phenoxy) is 1. The first kappa shape index (κ1) is 13.4. The van der Waals surface area contributed by atoms with Crippen LogP contribution in [0.25, 0.3) is 10.8 Å². The number of carbonyl (C=O) groups excluding carboxylic acids is 1. The Kier molecular flexibility index (Phi) is 4.75. The third-order valence-electron chi connectivity index (χ3n) is 2.80. The lowest BCUT2D eigenvalue weighted by Crippen LogP contribution is -2.34. The van der Waals surface area contributed by atoms with Crippen molar-refractivity contribution < 1.29 is 9.53 Å². The lowest BCUT2D eigenvalue weighted by atomic mass is 10.1. The maximum atomic E-state index is 11.2. The molecule has 0 aliphatic heterocycles. The van der Waals surface area contributed by atoms with Crippen molar-refractivity contribution in [2.24, 2.45) is 0 Å². The van der Waals surface area contributed by atoms with Gasteiger partial charge in [-0.15, -0.1) is 0 Å². The molecular formula is C15H18N2O2. The van der Waals surface area contributed by atoms with Crippen molar-refractivity contribution in [2.45, 2.75) is 12.8 Å². The minimum absolute atomic E-state index is 0.0235. The molecule has 0 radical (unpaired) electrons. The summed E-state index contributed by atoms with van der Waals surface area (Å²) < 4.78 is 5.64. The van der Waals surface area contributed by atoms with Gasteiger partial charge in [-0.05, 0) is 29.3 Å². The molecule has 0 saturated carbocycles. The second-order valence-corrected chi connectivity index (χ2v) is 4.26. The van der Waals surface area contributed by atoms with Gasteiger partial charge in [0.15, 0.2) is 0 Å². The minimum atomic E-state index is -0.0235. The minimum Gasteiger partial charge on any atom is -0.494 e. The van der Waals surface area contributed by atoms with Crippen LogP contribution in [-0.4, -0.2) is 19.6 Å². The Morgan fingerprint density at radius 1 is 1.16 bits per heavy atom. The Labute approximate surface area is 112 Å². The molecule has 2 aromatic rings. The first-order valence-corrected chi connectivity index (χ1v) is 6.37. The van der Waals surface area contributed by atoms with Crippen LogP contribution in [0.2, 0.25) is 0 Å². The normalized spacial score (nSPS) is 10.4. The van der Waals surface area contributed by atoms with Crippen LogP contribution in [0.4, 0.5) is 0 Å². The predicted octanol–water partition coefficient (Wildman–Crippen LogP) is 2.25. The lowest BCUT2D eigenvalue weighted by molar-refractivity contribution is -0.122. The van der Waals surface area contributed by atoms with Crippen molar-refractivity contribution in [3.63, 3.8) is 0 Å². The van der Waals surface area contributed by atoms with E-state index in [2.05, 4.69) is 23.0 Å². The average Bonchev–Trinajstić information content (AvgIpc) is 2.44. The first-order valence-electron chi connectivity index (χ1n) is 6.37. The molecule has 4 nitrogen and oxygen atoms in total. The van der Waals surface area contributed by atoms with Gasteiger partial charge < -0.3 is 4.74 Å². The number of carbonyl (C=O) groups is 1. The van der Waals surface area contributed by atoms with Crippen molar-refractivity contribution >= 4 is 16.7 Å². The summed E-state index contributed by atoms with van der Waals surface area (Å²) >= 11 is 0. The summed E-state index contributed by atoms with van der Waals surface area (Å²) in [7, 11) is 1.67. The van der Waals surface area contributed by atoms with Crippen LogP contribution in [0.15, 0.2) is 42.5 Å². The molecule has 1 amide bonds. The van der Waals surface area contributed by atoms with E-state index in [-0.39, 0.29) is 5.91 Å². The van der Waals surface area contributed by atoms with Gasteiger partial charge in [-0.25, -0.2) is 5.43 Å². The monoisotopic (exact) mass is 258 g/mol. The zero-order chi connectivity index (χ0) is 13.5. The molecule has 4 heteroatoms. The van der Waals surface area contributed by atoms with Crippen LogP contribution >= 0.6 is 0 Å². The van der Waals surface area contributed by atoms with Gasteiger partial charge in [-0.1, -0.05) is 30.3 Å². The Balaban J connectivity index is 1.83. The summed E-state index contributed by atoms with van der Waals surface area (Å²) in [4.78, 5) is 11.2. The predicted molar refractivity (Wildman–Crippen MR) is 75.9 cm³/mol. The maximum absolute atomic E-state index is 11.2. The standard InChI is InChI=1S/C15H18N2O2/c1-16-17-15(18)7-4-10-19-14-9-8-12-5-2-3-6-13(12)11-14/h2-3,5-6,8-9,11,16H,4,7,10H2,1H3,(H,17,18). The fourth-order valence-electron chi connectivity index (χ4n) is 1.88. The first-order chi connectivity index (χ1) is 9.29. The summed E-state index contributed by atoms with van der Waals surface area (Å²) in [6.45, 7) is 0.537. The number of nitrogens with one attached hydrogen (secondary N) is 2. The number of hydrogen-bond donors (Lipinski definition) is 2.